The number of hydrogen-bond donors (Lipinski definition) is 2. The Kier molecular flexibility index (Phi) is 4.68. The third kappa shape index (κ3) is 4.33. The first-order valence-corrected chi connectivity index (χ1v) is 4.87. The maximum atomic E-state index is 11.3. The van der Waals surface area contributed by atoms with Gasteiger partial charge < -0.3 is 15.4 Å². The van der Waals surface area contributed by atoms with E-state index in [0.717, 1.165) is 0 Å². The molecule has 0 saturated heterocycles. The number of rotatable bonds is 4. The summed E-state index contributed by atoms with van der Waals surface area (Å²) in [5, 5.41) is 5.13. The van der Waals surface area contributed by atoms with E-state index < -0.39 is 5.97 Å². The molecule has 2 N–H and O–H groups in total. The van der Waals surface area contributed by atoms with Gasteiger partial charge in [-0.2, -0.15) is 0 Å². The van der Waals surface area contributed by atoms with E-state index in [2.05, 4.69) is 20.4 Å². The van der Waals surface area contributed by atoms with Crippen molar-refractivity contribution in [1.82, 2.24) is 10.3 Å². The molecule has 1 heterocycles. The van der Waals surface area contributed by atoms with Gasteiger partial charge in [0.15, 0.2) is 0 Å². The number of esters is 1. The molecule has 0 bridgehead atoms. The zero-order valence-electron chi connectivity index (χ0n) is 9.56. The molecule has 0 spiro atoms. The SMILES string of the molecule is COC(=O)/C(=C/Nc1ccccn1)NC(C)=O. The average Bonchev–Trinajstić information content (AvgIpc) is 2.34. The summed E-state index contributed by atoms with van der Waals surface area (Å²) in [6.45, 7) is 1.30. The molecule has 0 aliphatic carbocycles. The molecule has 0 radical (unpaired) electrons. The second kappa shape index (κ2) is 6.26. The van der Waals surface area contributed by atoms with Gasteiger partial charge in [-0.3, -0.25) is 4.79 Å². The Labute approximate surface area is 98.7 Å². The van der Waals surface area contributed by atoms with Crippen molar-refractivity contribution in [3.8, 4) is 0 Å². The second-order valence-electron chi connectivity index (χ2n) is 3.09. The summed E-state index contributed by atoms with van der Waals surface area (Å²) in [6, 6.07) is 5.28. The largest absolute Gasteiger partial charge is 0.464 e. The molecule has 1 aromatic rings. The molecule has 1 rings (SSSR count). The van der Waals surface area contributed by atoms with Gasteiger partial charge in [0.1, 0.15) is 11.5 Å². The van der Waals surface area contributed by atoms with Crippen molar-refractivity contribution in [3.05, 3.63) is 36.3 Å². The number of anilines is 1. The lowest BCUT2D eigenvalue weighted by atomic mass is 10.4. The average molecular weight is 235 g/mol. The summed E-state index contributed by atoms with van der Waals surface area (Å²) in [5.74, 6) is -0.438. The number of carbonyl (C=O) groups excluding carboxylic acids is 2. The van der Waals surface area contributed by atoms with Gasteiger partial charge in [0.05, 0.1) is 7.11 Å². The molecule has 1 amide bonds. The molecule has 0 aliphatic heterocycles. The van der Waals surface area contributed by atoms with Gasteiger partial charge in [0, 0.05) is 19.3 Å². The summed E-state index contributed by atoms with van der Waals surface area (Å²) >= 11 is 0. The number of nitrogens with one attached hydrogen (secondary N) is 2. The number of hydrogen-bond acceptors (Lipinski definition) is 5. The number of nitrogens with zero attached hydrogens (tertiary/aromatic N) is 1. The maximum absolute atomic E-state index is 11.3. The lowest BCUT2D eigenvalue weighted by Gasteiger charge is -2.06. The van der Waals surface area contributed by atoms with E-state index in [9.17, 15) is 9.59 Å². The fraction of sp³-hybridized carbons (Fsp3) is 0.182. The smallest absolute Gasteiger partial charge is 0.356 e. The van der Waals surface area contributed by atoms with E-state index in [4.69, 9.17) is 0 Å². The molecule has 1 aromatic heterocycles. The Balaban J connectivity index is 2.76. The lowest BCUT2D eigenvalue weighted by Crippen LogP contribution is -2.26. The quantitative estimate of drug-likeness (QED) is 0.591. The van der Waals surface area contributed by atoms with E-state index in [1.54, 1.807) is 24.4 Å². The standard InChI is InChI=1S/C11H13N3O3/c1-8(15)14-9(11(16)17-2)7-13-10-5-3-4-6-12-10/h3-7H,1-2H3,(H,12,13)(H,14,15)/b9-7-. The van der Waals surface area contributed by atoms with Gasteiger partial charge in [-0.1, -0.05) is 6.07 Å². The molecular formula is C11H13N3O3. The molecule has 6 nitrogen and oxygen atoms in total. The van der Waals surface area contributed by atoms with Crippen LogP contribution in [0.1, 0.15) is 6.92 Å². The minimum Gasteiger partial charge on any atom is -0.464 e. The highest BCUT2D eigenvalue weighted by Gasteiger charge is 2.10. The third-order valence-corrected chi connectivity index (χ3v) is 1.75. The molecule has 0 saturated carbocycles. The first-order chi connectivity index (χ1) is 8.13. The summed E-state index contributed by atoms with van der Waals surface area (Å²) in [4.78, 5) is 26.2. The van der Waals surface area contributed by atoms with E-state index in [1.165, 1.54) is 20.2 Å². The number of amides is 1. The summed E-state index contributed by atoms with van der Waals surface area (Å²) in [6.07, 6.45) is 2.93. The van der Waals surface area contributed by atoms with Crippen molar-refractivity contribution in [1.29, 1.82) is 0 Å². The van der Waals surface area contributed by atoms with Gasteiger partial charge in [0.2, 0.25) is 5.91 Å². The molecule has 0 aromatic carbocycles. The fourth-order valence-electron chi connectivity index (χ4n) is 1.04. The Morgan fingerprint density at radius 2 is 2.18 bits per heavy atom. The topological polar surface area (TPSA) is 80.3 Å². The number of carbonyl (C=O) groups is 2. The highest BCUT2D eigenvalue weighted by Crippen LogP contribution is 2.01. The van der Waals surface area contributed by atoms with E-state index in [-0.39, 0.29) is 11.6 Å². The van der Waals surface area contributed by atoms with E-state index >= 15 is 0 Å². The highest BCUT2D eigenvalue weighted by atomic mass is 16.5. The fourth-order valence-corrected chi connectivity index (χ4v) is 1.04. The number of pyridine rings is 1. The summed E-state index contributed by atoms with van der Waals surface area (Å²) in [7, 11) is 1.23. The molecule has 17 heavy (non-hydrogen) atoms. The van der Waals surface area contributed by atoms with E-state index in [0.29, 0.717) is 5.82 Å². The Bertz CT molecular complexity index is 429. The second-order valence-corrected chi connectivity index (χ2v) is 3.09. The minimum absolute atomic E-state index is 0.0191. The molecule has 90 valence electrons. The predicted molar refractivity (Wildman–Crippen MR) is 61.8 cm³/mol. The zero-order valence-corrected chi connectivity index (χ0v) is 9.56. The van der Waals surface area contributed by atoms with Crippen molar-refractivity contribution in [2.45, 2.75) is 6.92 Å². The van der Waals surface area contributed by atoms with Gasteiger partial charge in [-0.15, -0.1) is 0 Å². The monoisotopic (exact) mass is 235 g/mol. The molecule has 6 heteroatoms. The van der Waals surface area contributed by atoms with Crippen LogP contribution in [0.3, 0.4) is 0 Å². The predicted octanol–water partition coefficient (Wildman–Crippen LogP) is 0.644. The van der Waals surface area contributed by atoms with Gasteiger partial charge in [-0.25, -0.2) is 9.78 Å². The summed E-state index contributed by atoms with van der Waals surface area (Å²) < 4.78 is 4.52. The van der Waals surface area contributed by atoms with Crippen molar-refractivity contribution >= 4 is 17.7 Å². The number of ether oxygens (including phenoxy) is 1. The maximum Gasteiger partial charge on any atom is 0.356 e. The van der Waals surface area contributed by atoms with Gasteiger partial charge >= 0.3 is 5.97 Å². The van der Waals surface area contributed by atoms with Crippen LogP contribution in [0.4, 0.5) is 5.82 Å². The van der Waals surface area contributed by atoms with Crippen LogP contribution in [0.2, 0.25) is 0 Å². The zero-order chi connectivity index (χ0) is 12.7. The number of aromatic nitrogens is 1. The molecular weight excluding hydrogens is 222 g/mol. The third-order valence-electron chi connectivity index (χ3n) is 1.75. The highest BCUT2D eigenvalue weighted by molar-refractivity contribution is 5.93. The van der Waals surface area contributed by atoms with Crippen LogP contribution in [-0.2, 0) is 14.3 Å². The van der Waals surface area contributed by atoms with Crippen LogP contribution >= 0.6 is 0 Å². The van der Waals surface area contributed by atoms with Crippen molar-refractivity contribution in [3.63, 3.8) is 0 Å². The summed E-state index contributed by atoms with van der Waals surface area (Å²) in [5.41, 5.74) is 0.0191. The number of methoxy groups -OCH3 is 1. The van der Waals surface area contributed by atoms with Crippen molar-refractivity contribution in [2.24, 2.45) is 0 Å². The van der Waals surface area contributed by atoms with Crippen molar-refractivity contribution in [2.75, 3.05) is 12.4 Å². The normalized spacial score (nSPS) is 10.6. The molecule has 0 atom stereocenters. The first kappa shape index (κ1) is 12.7. The van der Waals surface area contributed by atoms with E-state index in [1.807, 2.05) is 0 Å². The molecule has 0 aliphatic rings. The van der Waals surface area contributed by atoms with Gasteiger partial charge in [0.25, 0.3) is 0 Å². The minimum atomic E-state index is -0.636. The van der Waals surface area contributed by atoms with Crippen LogP contribution in [0.15, 0.2) is 36.3 Å². The van der Waals surface area contributed by atoms with Crippen molar-refractivity contribution < 1.29 is 14.3 Å². The Morgan fingerprint density at radius 3 is 2.71 bits per heavy atom. The lowest BCUT2D eigenvalue weighted by molar-refractivity contribution is -0.137. The van der Waals surface area contributed by atoms with Crippen LogP contribution < -0.4 is 10.6 Å². The Morgan fingerprint density at radius 1 is 1.41 bits per heavy atom. The first-order valence-electron chi connectivity index (χ1n) is 4.87. The van der Waals surface area contributed by atoms with Crippen LogP contribution in [0.5, 0.6) is 0 Å². The molecule has 0 fully saturated rings. The van der Waals surface area contributed by atoms with Gasteiger partial charge in [-0.05, 0) is 12.1 Å². The Hall–Kier alpha value is -2.37. The van der Waals surface area contributed by atoms with Crippen LogP contribution in [-0.4, -0.2) is 24.0 Å². The molecule has 0 unspecified atom stereocenters. The van der Waals surface area contributed by atoms with Crippen LogP contribution in [0, 0.1) is 0 Å². The van der Waals surface area contributed by atoms with Crippen LogP contribution in [0.25, 0.3) is 0 Å².